The van der Waals surface area contributed by atoms with E-state index in [1.165, 1.54) is 16.4 Å². The molecule has 41 heavy (non-hydrogen) atoms. The van der Waals surface area contributed by atoms with Crippen molar-refractivity contribution in [2.45, 2.75) is 57.6 Å². The predicted octanol–water partition coefficient (Wildman–Crippen LogP) is 6.12. The highest BCUT2D eigenvalue weighted by Gasteiger charge is 2.36. The molecule has 1 aliphatic rings. The van der Waals surface area contributed by atoms with Crippen LogP contribution in [-0.2, 0) is 23.1 Å². The first kappa shape index (κ1) is 29.0. The van der Waals surface area contributed by atoms with Crippen LogP contribution in [0.25, 0.3) is 11.0 Å². The van der Waals surface area contributed by atoms with Crippen molar-refractivity contribution in [3.63, 3.8) is 0 Å². The van der Waals surface area contributed by atoms with Gasteiger partial charge >= 0.3 is 5.97 Å². The summed E-state index contributed by atoms with van der Waals surface area (Å²) in [5, 5.41) is 8.48. The molecule has 0 aliphatic carbocycles. The lowest BCUT2D eigenvalue weighted by Gasteiger charge is -2.42. The van der Waals surface area contributed by atoms with Gasteiger partial charge in [-0.25, -0.2) is 9.07 Å². The molecule has 0 spiro atoms. The zero-order chi connectivity index (χ0) is 29.5. The molecule has 218 valence electrons. The molecule has 1 aliphatic heterocycles. The highest BCUT2D eigenvalue weighted by molar-refractivity contribution is 8.22. The van der Waals surface area contributed by atoms with Gasteiger partial charge < -0.3 is 9.47 Å². The Bertz CT molecular complexity index is 1610. The third-order valence-corrected chi connectivity index (χ3v) is 9.55. The summed E-state index contributed by atoms with van der Waals surface area (Å²) in [7, 11) is -1.86. The molecule has 11 heteroatoms. The summed E-state index contributed by atoms with van der Waals surface area (Å²) in [5.41, 5.74) is 6.12. The van der Waals surface area contributed by atoms with Crippen molar-refractivity contribution in [2.24, 2.45) is 7.05 Å². The molecule has 5 rings (SSSR count). The second kappa shape index (κ2) is 11.4. The highest BCUT2D eigenvalue weighted by atomic mass is 32.3. The van der Waals surface area contributed by atoms with Crippen LogP contribution >= 0.6 is 10.8 Å². The van der Waals surface area contributed by atoms with Crippen LogP contribution in [0.15, 0.2) is 53.4 Å². The van der Waals surface area contributed by atoms with Crippen molar-refractivity contribution >= 4 is 27.8 Å². The standard InChI is InChI=1S/C30H35FN4O5S/c1-6-39-28(36)15-24(23-12-13-26-29(20(23)4)32-33-34(26)5)21-11-10-18(2)22(14-21)17-35-16-19(3)40-27-9-7-8-25(31)30(27)41(35,37)38/h7-14,19,24,37-38H,6,15-17H2,1-5H3. The van der Waals surface area contributed by atoms with Crippen LogP contribution in [0.2, 0.25) is 0 Å². The molecule has 1 aromatic heterocycles. The van der Waals surface area contributed by atoms with Gasteiger partial charge in [0.15, 0.2) is 10.7 Å². The Labute approximate surface area is 240 Å². The summed E-state index contributed by atoms with van der Waals surface area (Å²) >= 11 is 0. The first-order valence-electron chi connectivity index (χ1n) is 13.5. The van der Waals surface area contributed by atoms with Gasteiger partial charge in [-0.15, -0.1) is 15.9 Å². The largest absolute Gasteiger partial charge is 0.487 e. The predicted molar refractivity (Wildman–Crippen MR) is 156 cm³/mol. The van der Waals surface area contributed by atoms with E-state index < -0.39 is 22.7 Å². The van der Waals surface area contributed by atoms with Crippen molar-refractivity contribution in [3.05, 3.63) is 82.2 Å². The topological polar surface area (TPSA) is 110 Å². The maximum Gasteiger partial charge on any atom is 0.306 e. The van der Waals surface area contributed by atoms with E-state index in [0.717, 1.165) is 38.9 Å². The molecule has 2 N–H and O–H groups in total. The first-order valence-corrected chi connectivity index (χ1v) is 15.0. The number of aryl methyl sites for hydroxylation is 3. The van der Waals surface area contributed by atoms with E-state index in [-0.39, 0.29) is 48.6 Å². The third kappa shape index (κ3) is 5.54. The van der Waals surface area contributed by atoms with Gasteiger partial charge in [-0.3, -0.25) is 13.9 Å². The summed E-state index contributed by atoms with van der Waals surface area (Å²) in [6, 6.07) is 14.1. The number of ether oxygens (including phenoxy) is 2. The van der Waals surface area contributed by atoms with Gasteiger partial charge in [0.25, 0.3) is 0 Å². The number of carbonyl (C=O) groups is 1. The number of hydrogen-bond acceptors (Lipinski definition) is 8. The molecule has 4 aromatic rings. The van der Waals surface area contributed by atoms with E-state index in [1.807, 2.05) is 58.2 Å². The number of esters is 1. The fourth-order valence-corrected chi connectivity index (χ4v) is 7.18. The van der Waals surface area contributed by atoms with Crippen LogP contribution in [0, 0.1) is 19.7 Å². The van der Waals surface area contributed by atoms with Gasteiger partial charge in [-0.1, -0.05) is 35.5 Å². The Kier molecular flexibility index (Phi) is 8.06. The smallest absolute Gasteiger partial charge is 0.306 e. The molecule has 9 nitrogen and oxygen atoms in total. The first-order chi connectivity index (χ1) is 19.5. The molecule has 0 bridgehead atoms. The number of rotatable bonds is 7. The molecule has 3 aromatic carbocycles. The van der Waals surface area contributed by atoms with Crippen LogP contribution in [0.1, 0.15) is 54.0 Å². The Morgan fingerprint density at radius 2 is 2.00 bits per heavy atom. The van der Waals surface area contributed by atoms with Crippen molar-refractivity contribution in [2.75, 3.05) is 13.2 Å². The molecule has 2 heterocycles. The molecule has 0 saturated carbocycles. The molecule has 2 unspecified atom stereocenters. The second-order valence-electron chi connectivity index (χ2n) is 10.4. The minimum Gasteiger partial charge on any atom is -0.487 e. The minimum absolute atomic E-state index is 0.116. The Balaban J connectivity index is 1.56. The van der Waals surface area contributed by atoms with Gasteiger partial charge in [0.05, 0.1) is 25.1 Å². The summed E-state index contributed by atoms with van der Waals surface area (Å²) in [5.74, 6) is -1.26. The van der Waals surface area contributed by atoms with E-state index in [1.54, 1.807) is 17.7 Å². The molecular weight excluding hydrogens is 547 g/mol. The van der Waals surface area contributed by atoms with E-state index in [0.29, 0.717) is 0 Å². The van der Waals surface area contributed by atoms with E-state index >= 15 is 0 Å². The number of carbonyl (C=O) groups excluding carboxylic acids is 1. The highest BCUT2D eigenvalue weighted by Crippen LogP contribution is 2.58. The van der Waals surface area contributed by atoms with Crippen LogP contribution < -0.4 is 4.74 Å². The number of nitrogens with zero attached hydrogens (tertiary/aromatic N) is 4. The number of aromatic nitrogens is 3. The van der Waals surface area contributed by atoms with Crippen molar-refractivity contribution < 1.29 is 27.8 Å². The van der Waals surface area contributed by atoms with Crippen LogP contribution in [-0.4, -0.2) is 53.6 Å². The zero-order valence-electron chi connectivity index (χ0n) is 23.8. The number of halogens is 1. The van der Waals surface area contributed by atoms with Gasteiger partial charge in [0.2, 0.25) is 0 Å². The second-order valence-corrected chi connectivity index (χ2v) is 12.4. The zero-order valence-corrected chi connectivity index (χ0v) is 24.6. The summed E-state index contributed by atoms with van der Waals surface area (Å²) in [4.78, 5) is 12.6. The van der Waals surface area contributed by atoms with Crippen molar-refractivity contribution in [1.29, 1.82) is 0 Å². The average Bonchev–Trinajstić information content (AvgIpc) is 3.25. The van der Waals surface area contributed by atoms with Crippen LogP contribution in [0.5, 0.6) is 5.75 Å². The lowest BCUT2D eigenvalue weighted by Crippen LogP contribution is -2.33. The Morgan fingerprint density at radius 3 is 2.76 bits per heavy atom. The fourth-order valence-electron chi connectivity index (χ4n) is 5.46. The fraction of sp³-hybridized carbons (Fsp3) is 0.367. The monoisotopic (exact) mass is 582 g/mol. The molecule has 0 radical (unpaired) electrons. The molecular formula is C30H35FN4O5S. The molecule has 0 amide bonds. The maximum absolute atomic E-state index is 14.9. The molecule has 0 saturated heterocycles. The van der Waals surface area contributed by atoms with Gasteiger partial charge in [0, 0.05) is 19.5 Å². The maximum atomic E-state index is 14.9. The van der Waals surface area contributed by atoms with Crippen molar-refractivity contribution in [3.8, 4) is 5.75 Å². The quantitative estimate of drug-likeness (QED) is 0.251. The average molecular weight is 583 g/mol. The summed E-state index contributed by atoms with van der Waals surface area (Å²) in [6.45, 7) is 8.09. The lowest BCUT2D eigenvalue weighted by molar-refractivity contribution is -0.143. The Hall–Kier alpha value is -3.51. The minimum atomic E-state index is -3.70. The summed E-state index contributed by atoms with van der Waals surface area (Å²) < 4.78 is 52.0. The number of fused-ring (bicyclic) bond motifs is 2. The molecule has 0 fully saturated rings. The van der Waals surface area contributed by atoms with E-state index in [4.69, 9.17) is 9.47 Å². The van der Waals surface area contributed by atoms with Crippen molar-refractivity contribution in [1.82, 2.24) is 19.3 Å². The lowest BCUT2D eigenvalue weighted by atomic mass is 9.84. The van der Waals surface area contributed by atoms with Gasteiger partial charge in [-0.05, 0) is 73.7 Å². The number of benzene rings is 3. The van der Waals surface area contributed by atoms with E-state index in [2.05, 4.69) is 10.3 Å². The Morgan fingerprint density at radius 1 is 1.22 bits per heavy atom. The van der Waals surface area contributed by atoms with Gasteiger partial charge in [-0.2, -0.15) is 4.31 Å². The van der Waals surface area contributed by atoms with Crippen LogP contribution in [0.4, 0.5) is 4.39 Å². The molecule has 2 atom stereocenters. The van der Waals surface area contributed by atoms with Gasteiger partial charge in [0.1, 0.15) is 17.4 Å². The normalized spacial score (nSPS) is 18.3. The van der Waals surface area contributed by atoms with E-state index in [9.17, 15) is 18.3 Å². The third-order valence-electron chi connectivity index (χ3n) is 7.61. The SMILES string of the molecule is CCOC(=O)CC(c1ccc(C)c(CN2CC(C)Oc3cccc(F)c3S2(O)O)c1)c1ccc2c(nnn2C)c1C. The summed E-state index contributed by atoms with van der Waals surface area (Å²) in [6.07, 6.45) is -0.295. The number of hydrogen-bond donors (Lipinski definition) is 2. The van der Waals surface area contributed by atoms with Crippen LogP contribution in [0.3, 0.4) is 0 Å².